The number of nitriles is 1. The standard InChI is InChI=1S/C16H8ClFN4O2/c17-13-3-9(1-2-14(13)18)12-7-20-15(4-10(12)5-19)22-8-11(6-21-22)16(23)24/h1-4,6-8H,(H,23,24). The van der Waals surface area contributed by atoms with E-state index < -0.39 is 11.8 Å². The number of halogens is 2. The fourth-order valence-electron chi connectivity index (χ4n) is 2.11. The monoisotopic (exact) mass is 342 g/mol. The predicted molar refractivity (Wildman–Crippen MR) is 83.4 cm³/mol. The second-order valence-electron chi connectivity index (χ2n) is 4.81. The Morgan fingerprint density at radius 2 is 2.12 bits per heavy atom. The van der Waals surface area contributed by atoms with Gasteiger partial charge in [0.2, 0.25) is 0 Å². The van der Waals surface area contributed by atoms with Crippen molar-refractivity contribution < 1.29 is 14.3 Å². The molecule has 2 heterocycles. The fraction of sp³-hybridized carbons (Fsp3) is 0. The minimum absolute atomic E-state index is 0.00435. The molecule has 0 saturated carbocycles. The first-order valence-corrected chi connectivity index (χ1v) is 7.01. The summed E-state index contributed by atoms with van der Waals surface area (Å²) in [4.78, 5) is 15.1. The van der Waals surface area contributed by atoms with Crippen LogP contribution in [-0.2, 0) is 0 Å². The van der Waals surface area contributed by atoms with Crippen LogP contribution in [0.1, 0.15) is 15.9 Å². The third kappa shape index (κ3) is 2.83. The van der Waals surface area contributed by atoms with Gasteiger partial charge in [-0.05, 0) is 17.7 Å². The molecule has 0 spiro atoms. The molecule has 6 nitrogen and oxygen atoms in total. The zero-order chi connectivity index (χ0) is 17.3. The molecule has 0 bridgehead atoms. The molecule has 118 valence electrons. The summed E-state index contributed by atoms with van der Waals surface area (Å²) in [7, 11) is 0. The maximum Gasteiger partial charge on any atom is 0.338 e. The van der Waals surface area contributed by atoms with Crippen LogP contribution in [-0.4, -0.2) is 25.8 Å². The Kier molecular flexibility index (Phi) is 3.98. The van der Waals surface area contributed by atoms with E-state index in [4.69, 9.17) is 16.7 Å². The quantitative estimate of drug-likeness (QED) is 0.788. The molecule has 0 atom stereocenters. The summed E-state index contributed by atoms with van der Waals surface area (Å²) in [6.45, 7) is 0. The van der Waals surface area contributed by atoms with E-state index in [1.165, 1.54) is 47.5 Å². The van der Waals surface area contributed by atoms with Crippen LogP contribution in [0.2, 0.25) is 5.02 Å². The van der Waals surface area contributed by atoms with Crippen molar-refractivity contribution in [2.24, 2.45) is 0 Å². The van der Waals surface area contributed by atoms with Crippen molar-refractivity contribution in [3.05, 3.63) is 64.8 Å². The van der Waals surface area contributed by atoms with Gasteiger partial charge in [0, 0.05) is 24.0 Å². The van der Waals surface area contributed by atoms with E-state index in [2.05, 4.69) is 10.1 Å². The van der Waals surface area contributed by atoms with Crippen molar-refractivity contribution >= 4 is 17.6 Å². The average Bonchev–Trinajstić information content (AvgIpc) is 3.07. The van der Waals surface area contributed by atoms with E-state index in [0.29, 0.717) is 11.1 Å². The van der Waals surface area contributed by atoms with E-state index in [9.17, 15) is 14.4 Å². The molecule has 3 aromatic rings. The summed E-state index contributed by atoms with van der Waals surface area (Å²) in [6.07, 6.45) is 3.91. The van der Waals surface area contributed by atoms with Crippen LogP contribution in [0.25, 0.3) is 16.9 Å². The van der Waals surface area contributed by atoms with Crippen LogP contribution < -0.4 is 0 Å². The molecule has 8 heteroatoms. The lowest BCUT2D eigenvalue weighted by Crippen LogP contribution is -2.00. The second-order valence-corrected chi connectivity index (χ2v) is 5.21. The summed E-state index contributed by atoms with van der Waals surface area (Å²) in [5, 5.41) is 22.1. The third-order valence-electron chi connectivity index (χ3n) is 3.30. The van der Waals surface area contributed by atoms with E-state index in [1.807, 2.05) is 6.07 Å². The number of benzene rings is 1. The van der Waals surface area contributed by atoms with Crippen LogP contribution in [0.15, 0.2) is 42.9 Å². The highest BCUT2D eigenvalue weighted by Gasteiger charge is 2.12. The molecule has 0 fully saturated rings. The fourth-order valence-corrected chi connectivity index (χ4v) is 2.29. The van der Waals surface area contributed by atoms with Crippen molar-refractivity contribution in [3.63, 3.8) is 0 Å². The van der Waals surface area contributed by atoms with Gasteiger partial charge in [-0.25, -0.2) is 18.9 Å². The van der Waals surface area contributed by atoms with Gasteiger partial charge in [-0.1, -0.05) is 17.7 Å². The lowest BCUT2D eigenvalue weighted by molar-refractivity contribution is 0.0697. The molecular formula is C16H8ClFN4O2. The Morgan fingerprint density at radius 1 is 1.33 bits per heavy atom. The normalized spacial score (nSPS) is 10.4. The first-order chi connectivity index (χ1) is 11.5. The molecule has 0 amide bonds. The molecule has 3 rings (SSSR count). The number of carbonyl (C=O) groups is 1. The highest BCUT2D eigenvalue weighted by Crippen LogP contribution is 2.27. The number of aromatic carboxylic acids is 1. The zero-order valence-corrected chi connectivity index (χ0v) is 12.7. The van der Waals surface area contributed by atoms with Gasteiger partial charge in [-0.15, -0.1) is 0 Å². The van der Waals surface area contributed by atoms with Crippen molar-refractivity contribution in [2.75, 3.05) is 0 Å². The minimum Gasteiger partial charge on any atom is -0.478 e. The third-order valence-corrected chi connectivity index (χ3v) is 3.59. The van der Waals surface area contributed by atoms with Gasteiger partial charge in [0.1, 0.15) is 5.82 Å². The minimum atomic E-state index is -1.11. The van der Waals surface area contributed by atoms with Gasteiger partial charge >= 0.3 is 5.97 Å². The topological polar surface area (TPSA) is 91.8 Å². The highest BCUT2D eigenvalue weighted by atomic mass is 35.5. The Bertz CT molecular complexity index is 994. The molecule has 0 aliphatic rings. The lowest BCUT2D eigenvalue weighted by Gasteiger charge is -2.07. The van der Waals surface area contributed by atoms with Gasteiger partial charge in [0.25, 0.3) is 0 Å². The van der Waals surface area contributed by atoms with Gasteiger partial charge < -0.3 is 5.11 Å². The van der Waals surface area contributed by atoms with Gasteiger partial charge in [-0.2, -0.15) is 10.4 Å². The van der Waals surface area contributed by atoms with Crippen LogP contribution in [0.5, 0.6) is 0 Å². The van der Waals surface area contributed by atoms with Crippen molar-refractivity contribution in [1.29, 1.82) is 5.26 Å². The maximum absolute atomic E-state index is 13.3. The summed E-state index contributed by atoms with van der Waals surface area (Å²) in [5.41, 5.74) is 1.30. The van der Waals surface area contributed by atoms with Crippen molar-refractivity contribution in [1.82, 2.24) is 14.8 Å². The predicted octanol–water partition coefficient (Wildman–Crippen LogP) is 3.30. The van der Waals surface area contributed by atoms with Crippen LogP contribution in [0.4, 0.5) is 4.39 Å². The molecule has 0 aliphatic carbocycles. The summed E-state index contributed by atoms with van der Waals surface area (Å²) >= 11 is 5.77. The molecule has 24 heavy (non-hydrogen) atoms. The number of hydrogen-bond acceptors (Lipinski definition) is 4. The highest BCUT2D eigenvalue weighted by molar-refractivity contribution is 6.31. The molecule has 0 saturated heterocycles. The lowest BCUT2D eigenvalue weighted by atomic mass is 10.0. The van der Waals surface area contributed by atoms with Crippen LogP contribution >= 0.6 is 11.6 Å². The van der Waals surface area contributed by atoms with Gasteiger partial charge in [0.05, 0.1) is 28.4 Å². The molecule has 1 N–H and O–H groups in total. The Hall–Kier alpha value is -3.24. The number of rotatable bonds is 3. The van der Waals surface area contributed by atoms with Crippen LogP contribution in [0.3, 0.4) is 0 Å². The Balaban J connectivity index is 2.06. The number of nitrogens with zero attached hydrogens (tertiary/aromatic N) is 4. The largest absolute Gasteiger partial charge is 0.478 e. The first-order valence-electron chi connectivity index (χ1n) is 6.63. The van der Waals surface area contributed by atoms with Crippen LogP contribution in [0, 0.1) is 17.1 Å². The van der Waals surface area contributed by atoms with E-state index >= 15 is 0 Å². The summed E-state index contributed by atoms with van der Waals surface area (Å²) in [6, 6.07) is 7.61. The average molecular weight is 343 g/mol. The van der Waals surface area contributed by atoms with E-state index in [-0.39, 0.29) is 22.0 Å². The second kappa shape index (κ2) is 6.10. The maximum atomic E-state index is 13.3. The number of hydrogen-bond donors (Lipinski definition) is 1. The van der Waals surface area contributed by atoms with Crippen molar-refractivity contribution in [3.8, 4) is 23.0 Å². The molecular weight excluding hydrogens is 335 g/mol. The number of pyridine rings is 1. The van der Waals surface area contributed by atoms with E-state index in [1.54, 1.807) is 0 Å². The number of aromatic nitrogens is 3. The van der Waals surface area contributed by atoms with Gasteiger partial charge in [-0.3, -0.25) is 0 Å². The number of carboxylic acid groups (broad SMARTS) is 1. The number of carboxylic acids is 1. The van der Waals surface area contributed by atoms with Crippen molar-refractivity contribution in [2.45, 2.75) is 0 Å². The molecule has 1 aromatic carbocycles. The zero-order valence-electron chi connectivity index (χ0n) is 11.9. The van der Waals surface area contributed by atoms with Gasteiger partial charge in [0.15, 0.2) is 5.82 Å². The molecule has 2 aromatic heterocycles. The molecule has 0 unspecified atom stereocenters. The Labute approximate surface area is 140 Å². The van der Waals surface area contributed by atoms with E-state index in [0.717, 1.165) is 0 Å². The SMILES string of the molecule is N#Cc1cc(-n2cc(C(=O)O)cn2)ncc1-c1ccc(F)c(Cl)c1. The summed E-state index contributed by atoms with van der Waals surface area (Å²) in [5.74, 6) is -1.38. The Morgan fingerprint density at radius 3 is 2.75 bits per heavy atom. The summed E-state index contributed by atoms with van der Waals surface area (Å²) < 4.78 is 14.5. The smallest absolute Gasteiger partial charge is 0.338 e. The molecule has 0 aliphatic heterocycles. The molecule has 0 radical (unpaired) electrons. The first kappa shape index (κ1) is 15.6.